The summed E-state index contributed by atoms with van der Waals surface area (Å²) >= 11 is 0. The first kappa shape index (κ1) is 17.0. The van der Waals surface area contributed by atoms with E-state index in [0.29, 0.717) is 17.1 Å². The number of hydrogen-bond donors (Lipinski definition) is 1. The third-order valence-electron chi connectivity index (χ3n) is 3.06. The van der Waals surface area contributed by atoms with Gasteiger partial charge in [-0.05, 0) is 38.1 Å². The highest BCUT2D eigenvalue weighted by Crippen LogP contribution is 2.25. The van der Waals surface area contributed by atoms with Gasteiger partial charge >= 0.3 is 0 Å². The van der Waals surface area contributed by atoms with Crippen molar-refractivity contribution in [3.05, 3.63) is 57.8 Å². The van der Waals surface area contributed by atoms with Crippen LogP contribution in [0.5, 0.6) is 0 Å². The topological polar surface area (TPSA) is 109 Å². The van der Waals surface area contributed by atoms with Crippen LogP contribution in [-0.2, 0) is 4.79 Å². The number of carbonyl (C=O) groups excluding carboxylic acids is 1. The number of nitro groups is 1. The van der Waals surface area contributed by atoms with Gasteiger partial charge in [0, 0.05) is 29.8 Å². The van der Waals surface area contributed by atoms with E-state index in [9.17, 15) is 14.9 Å². The summed E-state index contributed by atoms with van der Waals surface area (Å²) < 4.78 is 5.58. The highest BCUT2D eigenvalue weighted by Gasteiger charge is 2.12. The summed E-state index contributed by atoms with van der Waals surface area (Å²) in [6.45, 7) is 3.60. The summed E-state index contributed by atoms with van der Waals surface area (Å²) in [7, 11) is 0. The maximum atomic E-state index is 11.9. The Bertz CT molecular complexity index is 826. The van der Waals surface area contributed by atoms with Gasteiger partial charge in [-0.1, -0.05) is 0 Å². The molecule has 0 saturated heterocycles. The Morgan fingerprint density at radius 2 is 1.96 bits per heavy atom. The van der Waals surface area contributed by atoms with Crippen molar-refractivity contribution < 1.29 is 14.1 Å². The minimum atomic E-state index is -0.480. The molecule has 2 aromatic rings. The van der Waals surface area contributed by atoms with E-state index in [2.05, 4.69) is 5.32 Å². The largest absolute Gasteiger partial charge is 0.457 e. The standard InChI is InChI=1S/C17H15N3O4/c1-11(2)19-17(21)13(10-18)9-15-7-8-16(24-15)12-3-5-14(6-4-12)20(22)23/h3-9,11H,1-2H3,(H,19,21). The van der Waals surface area contributed by atoms with E-state index in [1.165, 1.54) is 18.2 Å². The monoisotopic (exact) mass is 325 g/mol. The Morgan fingerprint density at radius 3 is 2.50 bits per heavy atom. The number of carbonyl (C=O) groups is 1. The average molecular weight is 325 g/mol. The Labute approximate surface area is 138 Å². The molecule has 2 rings (SSSR count). The zero-order chi connectivity index (χ0) is 17.7. The quantitative estimate of drug-likeness (QED) is 0.392. The number of nitrogens with one attached hydrogen (secondary N) is 1. The van der Waals surface area contributed by atoms with Gasteiger partial charge in [0.25, 0.3) is 11.6 Å². The summed E-state index contributed by atoms with van der Waals surface area (Å²) in [5.41, 5.74) is 0.584. The van der Waals surface area contributed by atoms with E-state index in [1.54, 1.807) is 38.1 Å². The molecule has 1 amide bonds. The van der Waals surface area contributed by atoms with Crippen LogP contribution in [0, 0.1) is 21.4 Å². The van der Waals surface area contributed by atoms with Crippen molar-refractivity contribution in [2.24, 2.45) is 0 Å². The van der Waals surface area contributed by atoms with Crippen LogP contribution in [0.1, 0.15) is 19.6 Å². The van der Waals surface area contributed by atoms with Gasteiger partial charge in [0.05, 0.1) is 4.92 Å². The molecule has 0 fully saturated rings. The smallest absolute Gasteiger partial charge is 0.269 e. The second kappa shape index (κ2) is 7.24. The summed E-state index contributed by atoms with van der Waals surface area (Å²) in [6.07, 6.45) is 1.35. The van der Waals surface area contributed by atoms with Crippen molar-refractivity contribution in [2.45, 2.75) is 19.9 Å². The molecule has 0 aliphatic carbocycles. The van der Waals surface area contributed by atoms with Crippen LogP contribution in [0.25, 0.3) is 17.4 Å². The summed E-state index contributed by atoms with van der Waals surface area (Å²) in [5, 5.41) is 22.4. The van der Waals surface area contributed by atoms with E-state index in [4.69, 9.17) is 9.68 Å². The Kier molecular flexibility index (Phi) is 5.12. The van der Waals surface area contributed by atoms with Gasteiger partial charge in [-0.15, -0.1) is 0 Å². The van der Waals surface area contributed by atoms with Gasteiger partial charge in [-0.25, -0.2) is 0 Å². The molecular weight excluding hydrogens is 310 g/mol. The fourth-order valence-corrected chi connectivity index (χ4v) is 1.96. The molecule has 1 aromatic heterocycles. The van der Waals surface area contributed by atoms with Crippen molar-refractivity contribution in [1.82, 2.24) is 5.32 Å². The molecule has 0 bridgehead atoms. The van der Waals surface area contributed by atoms with Crippen molar-refractivity contribution in [3.8, 4) is 17.4 Å². The highest BCUT2D eigenvalue weighted by atomic mass is 16.6. The number of furan rings is 1. The maximum absolute atomic E-state index is 11.9. The lowest BCUT2D eigenvalue weighted by atomic mass is 10.1. The molecule has 1 heterocycles. The lowest BCUT2D eigenvalue weighted by Crippen LogP contribution is -2.30. The molecular formula is C17H15N3O4. The summed E-state index contributed by atoms with van der Waals surface area (Å²) in [6, 6.07) is 10.9. The van der Waals surface area contributed by atoms with Crippen molar-refractivity contribution >= 4 is 17.7 Å². The van der Waals surface area contributed by atoms with Crippen LogP contribution in [0.15, 0.2) is 46.4 Å². The zero-order valence-electron chi connectivity index (χ0n) is 13.1. The Hall–Kier alpha value is -3.40. The number of hydrogen-bond acceptors (Lipinski definition) is 5. The molecule has 0 aliphatic rings. The molecule has 0 aliphatic heterocycles. The summed E-state index contributed by atoms with van der Waals surface area (Å²) in [5.74, 6) is 0.359. The molecule has 0 saturated carbocycles. The van der Waals surface area contributed by atoms with Crippen LogP contribution in [0.4, 0.5) is 5.69 Å². The van der Waals surface area contributed by atoms with E-state index in [1.807, 2.05) is 6.07 Å². The molecule has 0 unspecified atom stereocenters. The van der Waals surface area contributed by atoms with Crippen molar-refractivity contribution in [1.29, 1.82) is 5.26 Å². The van der Waals surface area contributed by atoms with Gasteiger partial charge < -0.3 is 9.73 Å². The lowest BCUT2D eigenvalue weighted by molar-refractivity contribution is -0.384. The van der Waals surface area contributed by atoms with Crippen LogP contribution >= 0.6 is 0 Å². The molecule has 24 heavy (non-hydrogen) atoms. The van der Waals surface area contributed by atoms with E-state index in [0.717, 1.165) is 0 Å². The van der Waals surface area contributed by atoms with E-state index in [-0.39, 0.29) is 17.3 Å². The number of nitriles is 1. The third-order valence-corrected chi connectivity index (χ3v) is 3.06. The van der Waals surface area contributed by atoms with Crippen LogP contribution < -0.4 is 5.32 Å². The van der Waals surface area contributed by atoms with Gasteiger partial charge in [-0.2, -0.15) is 5.26 Å². The average Bonchev–Trinajstić information content (AvgIpc) is 3.00. The molecule has 1 N–H and O–H groups in total. The number of amides is 1. The number of non-ortho nitro benzene ring substituents is 1. The predicted octanol–water partition coefficient (Wildman–Crippen LogP) is 3.29. The SMILES string of the molecule is CC(C)NC(=O)C(C#N)=Cc1ccc(-c2ccc([N+](=O)[O-])cc2)o1. The normalized spacial score (nSPS) is 11.2. The second-order valence-electron chi connectivity index (χ2n) is 5.30. The van der Waals surface area contributed by atoms with Gasteiger partial charge in [0.1, 0.15) is 23.2 Å². The number of nitrogens with zero attached hydrogens (tertiary/aromatic N) is 2. The zero-order valence-corrected chi connectivity index (χ0v) is 13.1. The summed E-state index contributed by atoms with van der Waals surface area (Å²) in [4.78, 5) is 22.0. The predicted molar refractivity (Wildman–Crippen MR) is 87.7 cm³/mol. The molecule has 0 atom stereocenters. The van der Waals surface area contributed by atoms with Crippen LogP contribution in [0.2, 0.25) is 0 Å². The van der Waals surface area contributed by atoms with Gasteiger partial charge in [0.2, 0.25) is 0 Å². The minimum Gasteiger partial charge on any atom is -0.457 e. The molecule has 1 aromatic carbocycles. The first-order valence-electron chi connectivity index (χ1n) is 7.18. The van der Waals surface area contributed by atoms with Gasteiger partial charge in [0.15, 0.2) is 0 Å². The van der Waals surface area contributed by atoms with E-state index >= 15 is 0 Å². The number of benzene rings is 1. The van der Waals surface area contributed by atoms with Crippen molar-refractivity contribution in [2.75, 3.05) is 0 Å². The van der Waals surface area contributed by atoms with Gasteiger partial charge in [-0.3, -0.25) is 14.9 Å². The minimum absolute atomic E-state index is 0.0115. The van der Waals surface area contributed by atoms with Crippen LogP contribution in [-0.4, -0.2) is 16.9 Å². The second-order valence-corrected chi connectivity index (χ2v) is 5.30. The Morgan fingerprint density at radius 1 is 1.29 bits per heavy atom. The van der Waals surface area contributed by atoms with Crippen LogP contribution in [0.3, 0.4) is 0 Å². The highest BCUT2D eigenvalue weighted by molar-refractivity contribution is 6.01. The molecule has 0 spiro atoms. The molecule has 7 nitrogen and oxygen atoms in total. The van der Waals surface area contributed by atoms with Crippen molar-refractivity contribution in [3.63, 3.8) is 0 Å². The Balaban J connectivity index is 2.23. The fourth-order valence-electron chi connectivity index (χ4n) is 1.96. The fraction of sp³-hybridized carbons (Fsp3) is 0.176. The molecule has 7 heteroatoms. The number of nitro benzene ring substituents is 1. The molecule has 122 valence electrons. The first-order chi connectivity index (χ1) is 11.4. The number of rotatable bonds is 5. The molecule has 0 radical (unpaired) electrons. The third kappa shape index (κ3) is 4.08. The van der Waals surface area contributed by atoms with E-state index < -0.39 is 10.8 Å². The maximum Gasteiger partial charge on any atom is 0.269 e. The first-order valence-corrected chi connectivity index (χ1v) is 7.18. The lowest BCUT2D eigenvalue weighted by Gasteiger charge is -2.06.